The Kier molecular flexibility index (Phi) is 4.43. The number of rotatable bonds is 4. The summed E-state index contributed by atoms with van der Waals surface area (Å²) in [5.41, 5.74) is 1.04. The lowest BCUT2D eigenvalue weighted by atomic mass is 10.1. The van der Waals surface area contributed by atoms with Crippen LogP contribution in [0.3, 0.4) is 0 Å². The van der Waals surface area contributed by atoms with E-state index in [9.17, 15) is 4.79 Å². The maximum atomic E-state index is 12.1. The van der Waals surface area contributed by atoms with Crippen LogP contribution in [0.4, 0.5) is 0 Å². The van der Waals surface area contributed by atoms with Gasteiger partial charge in [-0.2, -0.15) is 11.8 Å². The van der Waals surface area contributed by atoms with Crippen molar-refractivity contribution in [1.29, 1.82) is 0 Å². The molecule has 1 saturated heterocycles. The third kappa shape index (κ3) is 3.44. The van der Waals surface area contributed by atoms with Gasteiger partial charge in [-0.05, 0) is 37.8 Å². The van der Waals surface area contributed by atoms with Gasteiger partial charge in [0.2, 0.25) is 5.91 Å². The number of carbonyl (C=O) groups excluding carboxylic acids is 1. The van der Waals surface area contributed by atoms with E-state index in [2.05, 4.69) is 25.4 Å². The van der Waals surface area contributed by atoms with E-state index in [0.717, 1.165) is 12.1 Å². The average molecular weight is 299 g/mol. The van der Waals surface area contributed by atoms with E-state index < -0.39 is 0 Å². The summed E-state index contributed by atoms with van der Waals surface area (Å²) in [6, 6.07) is 7.68. The molecule has 0 aliphatic carbocycles. The number of hydrogen-bond acceptors (Lipinski definition) is 3. The largest absolute Gasteiger partial charge is 0.320 e. The monoisotopic (exact) mass is 298 g/mol. The van der Waals surface area contributed by atoms with Crippen molar-refractivity contribution in [1.82, 2.24) is 10.2 Å². The molecule has 1 aromatic rings. The molecule has 3 nitrogen and oxygen atoms in total. The van der Waals surface area contributed by atoms with E-state index in [1.54, 1.807) is 11.8 Å². The molecule has 1 aromatic carbocycles. The lowest BCUT2D eigenvalue weighted by Crippen LogP contribution is -2.40. The van der Waals surface area contributed by atoms with Crippen LogP contribution >= 0.6 is 23.4 Å². The standard InChI is InChI=1S/C14H19ClN2OS/c1-14(2,19-3)9-17-12(18)8-16-13(17)10-5-4-6-11(15)7-10/h4-7,13,16H,8-9H2,1-3H3. The van der Waals surface area contributed by atoms with Gasteiger partial charge in [0.15, 0.2) is 0 Å². The van der Waals surface area contributed by atoms with E-state index >= 15 is 0 Å². The van der Waals surface area contributed by atoms with Crippen LogP contribution in [0.25, 0.3) is 0 Å². The first-order valence-electron chi connectivity index (χ1n) is 6.26. The highest BCUT2D eigenvalue weighted by molar-refractivity contribution is 7.99. The fourth-order valence-electron chi connectivity index (χ4n) is 2.17. The molecule has 19 heavy (non-hydrogen) atoms. The minimum absolute atomic E-state index is 0.0402. The number of halogens is 1. The molecule has 0 bridgehead atoms. The lowest BCUT2D eigenvalue weighted by molar-refractivity contribution is -0.128. The summed E-state index contributed by atoms with van der Waals surface area (Å²) in [6.07, 6.45) is 2.00. The van der Waals surface area contributed by atoms with Gasteiger partial charge < -0.3 is 4.90 Å². The van der Waals surface area contributed by atoms with Gasteiger partial charge in [0, 0.05) is 16.3 Å². The van der Waals surface area contributed by atoms with Crippen LogP contribution in [0.1, 0.15) is 25.6 Å². The third-order valence-electron chi connectivity index (χ3n) is 3.35. The zero-order valence-corrected chi connectivity index (χ0v) is 13.0. The zero-order valence-electron chi connectivity index (χ0n) is 11.4. The van der Waals surface area contributed by atoms with Crippen molar-refractivity contribution in [2.45, 2.75) is 24.8 Å². The SMILES string of the molecule is CSC(C)(C)CN1C(=O)CNC1c1cccc(Cl)c1. The fraction of sp³-hybridized carbons (Fsp3) is 0.500. The van der Waals surface area contributed by atoms with Crippen molar-refractivity contribution in [2.75, 3.05) is 19.3 Å². The number of hydrogen-bond donors (Lipinski definition) is 1. The first-order valence-corrected chi connectivity index (χ1v) is 7.87. The quantitative estimate of drug-likeness (QED) is 0.927. The molecule has 5 heteroatoms. The van der Waals surface area contributed by atoms with Crippen LogP contribution < -0.4 is 5.32 Å². The van der Waals surface area contributed by atoms with Gasteiger partial charge in [-0.3, -0.25) is 10.1 Å². The van der Waals surface area contributed by atoms with Gasteiger partial charge in [0.05, 0.1) is 6.54 Å². The Bertz CT molecular complexity index is 478. The van der Waals surface area contributed by atoms with Crippen molar-refractivity contribution in [3.05, 3.63) is 34.9 Å². The highest BCUT2D eigenvalue weighted by atomic mass is 35.5. The van der Waals surface area contributed by atoms with Gasteiger partial charge in [0.1, 0.15) is 6.17 Å². The summed E-state index contributed by atoms with van der Waals surface area (Å²) >= 11 is 7.80. The van der Waals surface area contributed by atoms with Crippen LogP contribution in [0.5, 0.6) is 0 Å². The van der Waals surface area contributed by atoms with Crippen LogP contribution in [-0.2, 0) is 4.79 Å². The van der Waals surface area contributed by atoms with E-state index in [1.165, 1.54) is 0 Å². The maximum Gasteiger partial charge on any atom is 0.238 e. The third-order valence-corrected chi connectivity index (χ3v) is 4.82. The van der Waals surface area contributed by atoms with Crippen molar-refractivity contribution in [3.63, 3.8) is 0 Å². The Morgan fingerprint density at radius 1 is 1.53 bits per heavy atom. The van der Waals surface area contributed by atoms with Crippen LogP contribution in [0.2, 0.25) is 5.02 Å². The van der Waals surface area contributed by atoms with Crippen molar-refractivity contribution in [2.24, 2.45) is 0 Å². The summed E-state index contributed by atoms with van der Waals surface area (Å²) in [5, 5.41) is 3.95. The van der Waals surface area contributed by atoms with Gasteiger partial charge in [-0.25, -0.2) is 0 Å². The summed E-state index contributed by atoms with van der Waals surface area (Å²) in [4.78, 5) is 14.0. The zero-order chi connectivity index (χ0) is 14.0. The molecule has 1 fully saturated rings. The predicted octanol–water partition coefficient (Wildman–Crippen LogP) is 2.91. The van der Waals surface area contributed by atoms with E-state index in [0.29, 0.717) is 11.6 Å². The summed E-state index contributed by atoms with van der Waals surface area (Å²) < 4.78 is 0.0402. The summed E-state index contributed by atoms with van der Waals surface area (Å²) in [6.45, 7) is 5.41. The van der Waals surface area contributed by atoms with Gasteiger partial charge >= 0.3 is 0 Å². The van der Waals surface area contributed by atoms with Crippen molar-refractivity contribution < 1.29 is 4.79 Å². The number of nitrogens with one attached hydrogen (secondary N) is 1. The van der Waals surface area contributed by atoms with Crippen LogP contribution in [0, 0.1) is 0 Å². The van der Waals surface area contributed by atoms with Crippen molar-refractivity contribution in [3.8, 4) is 0 Å². The first-order chi connectivity index (χ1) is 8.93. The first kappa shape index (κ1) is 14.7. The van der Waals surface area contributed by atoms with Crippen molar-refractivity contribution >= 4 is 29.3 Å². The van der Waals surface area contributed by atoms with Gasteiger partial charge in [-0.1, -0.05) is 23.7 Å². The molecule has 104 valence electrons. The second-order valence-corrected chi connectivity index (χ2v) is 7.27. The van der Waals surface area contributed by atoms with Gasteiger partial charge in [0.25, 0.3) is 0 Å². The normalized spacial score (nSPS) is 20.1. The number of benzene rings is 1. The van der Waals surface area contributed by atoms with Crippen LogP contribution in [0.15, 0.2) is 24.3 Å². The minimum Gasteiger partial charge on any atom is -0.320 e. The van der Waals surface area contributed by atoms with E-state index in [4.69, 9.17) is 11.6 Å². The molecule has 1 aliphatic heterocycles. The lowest BCUT2D eigenvalue weighted by Gasteiger charge is -2.32. The molecule has 1 amide bonds. The van der Waals surface area contributed by atoms with Gasteiger partial charge in [-0.15, -0.1) is 0 Å². The summed E-state index contributed by atoms with van der Waals surface area (Å²) in [7, 11) is 0. The number of thioether (sulfide) groups is 1. The molecule has 2 rings (SSSR count). The molecule has 0 saturated carbocycles. The second-order valence-electron chi connectivity index (χ2n) is 5.32. The smallest absolute Gasteiger partial charge is 0.238 e. The topological polar surface area (TPSA) is 32.3 Å². The molecule has 1 atom stereocenters. The Hall–Kier alpha value is -0.710. The summed E-state index contributed by atoms with van der Waals surface area (Å²) in [5.74, 6) is 0.145. The molecule has 1 N–H and O–H groups in total. The Morgan fingerprint density at radius 3 is 2.89 bits per heavy atom. The maximum absolute atomic E-state index is 12.1. The molecule has 0 aromatic heterocycles. The minimum atomic E-state index is -0.0716. The number of nitrogens with zero attached hydrogens (tertiary/aromatic N) is 1. The number of carbonyl (C=O) groups is 1. The Morgan fingerprint density at radius 2 is 2.26 bits per heavy atom. The number of amides is 1. The molecule has 0 spiro atoms. The Labute approximate surface area is 123 Å². The molecular formula is C14H19ClN2OS. The highest BCUT2D eigenvalue weighted by Crippen LogP contribution is 2.30. The molecule has 1 aliphatic rings. The fourth-order valence-corrected chi connectivity index (χ4v) is 2.64. The molecule has 1 heterocycles. The molecule has 1 unspecified atom stereocenters. The average Bonchev–Trinajstić information content (AvgIpc) is 2.71. The Balaban J connectivity index is 2.22. The molecular weight excluding hydrogens is 280 g/mol. The highest BCUT2D eigenvalue weighted by Gasteiger charge is 2.35. The molecule has 0 radical (unpaired) electrons. The van der Waals surface area contributed by atoms with Crippen LogP contribution in [-0.4, -0.2) is 34.9 Å². The second kappa shape index (κ2) is 5.73. The van der Waals surface area contributed by atoms with E-state index in [-0.39, 0.29) is 16.8 Å². The predicted molar refractivity (Wildman–Crippen MR) is 81.5 cm³/mol. The van der Waals surface area contributed by atoms with E-state index in [1.807, 2.05) is 29.2 Å².